The Morgan fingerprint density at radius 2 is 1.83 bits per heavy atom. The lowest BCUT2D eigenvalue weighted by atomic mass is 9.90. The van der Waals surface area contributed by atoms with Crippen molar-refractivity contribution in [3.63, 3.8) is 0 Å². The van der Waals surface area contributed by atoms with Gasteiger partial charge in [-0.15, -0.1) is 0 Å². The Bertz CT molecular complexity index is 568. The molecule has 1 saturated heterocycles. The number of carbonyl (C=O) groups excluding carboxylic acids is 2. The van der Waals surface area contributed by atoms with Gasteiger partial charge in [0.05, 0.1) is 0 Å². The van der Waals surface area contributed by atoms with Crippen LogP contribution in [0.15, 0.2) is 30.3 Å². The first-order valence-corrected chi connectivity index (χ1v) is 9.31. The Hall–Kier alpha value is -1.49. The van der Waals surface area contributed by atoms with E-state index >= 15 is 0 Å². The molecule has 1 aliphatic rings. The third-order valence-electron chi connectivity index (χ3n) is 4.22. The van der Waals surface area contributed by atoms with E-state index in [0.717, 1.165) is 5.75 Å². The standard InChI is InChI=1S/C18H26N2O2S/c1-18(2,3)17-19(4)16(22)14(11-12-23-5)20(17)15(21)13-9-7-6-8-10-13/h6-10,14,17H,11-12H2,1-5H3/t14-,17-/m1/s1. The zero-order chi connectivity index (χ0) is 17.2. The molecule has 2 amide bonds. The summed E-state index contributed by atoms with van der Waals surface area (Å²) in [5.74, 6) is 0.845. The van der Waals surface area contributed by atoms with Crippen molar-refractivity contribution in [1.29, 1.82) is 0 Å². The summed E-state index contributed by atoms with van der Waals surface area (Å²) in [5, 5.41) is 0. The normalized spacial score (nSPS) is 21.9. The van der Waals surface area contributed by atoms with Crippen LogP contribution in [0.5, 0.6) is 0 Å². The molecule has 1 aromatic carbocycles. The molecule has 4 nitrogen and oxygen atoms in total. The maximum Gasteiger partial charge on any atom is 0.256 e. The molecule has 0 aliphatic carbocycles. The third-order valence-corrected chi connectivity index (χ3v) is 4.87. The van der Waals surface area contributed by atoms with E-state index in [1.54, 1.807) is 21.6 Å². The van der Waals surface area contributed by atoms with Gasteiger partial charge >= 0.3 is 0 Å². The maximum absolute atomic E-state index is 13.1. The third kappa shape index (κ3) is 3.55. The molecule has 5 heteroatoms. The minimum Gasteiger partial charge on any atom is -0.323 e. The molecule has 1 aromatic rings. The summed E-state index contributed by atoms with van der Waals surface area (Å²) in [5.41, 5.74) is 0.433. The van der Waals surface area contributed by atoms with Crippen molar-refractivity contribution < 1.29 is 9.59 Å². The number of amides is 2. The van der Waals surface area contributed by atoms with Crippen LogP contribution >= 0.6 is 11.8 Å². The first-order chi connectivity index (χ1) is 10.8. The fourth-order valence-corrected chi connectivity index (χ4v) is 3.76. The van der Waals surface area contributed by atoms with Crippen molar-refractivity contribution in [3.8, 4) is 0 Å². The predicted molar refractivity (Wildman–Crippen MR) is 95.4 cm³/mol. The van der Waals surface area contributed by atoms with Gasteiger partial charge in [-0.25, -0.2) is 0 Å². The molecule has 23 heavy (non-hydrogen) atoms. The van der Waals surface area contributed by atoms with Gasteiger partial charge in [-0.1, -0.05) is 39.0 Å². The van der Waals surface area contributed by atoms with E-state index in [9.17, 15) is 9.59 Å². The largest absolute Gasteiger partial charge is 0.323 e. The van der Waals surface area contributed by atoms with E-state index in [-0.39, 0.29) is 29.4 Å². The predicted octanol–water partition coefficient (Wildman–Crippen LogP) is 3.09. The smallest absolute Gasteiger partial charge is 0.256 e. The van der Waals surface area contributed by atoms with Crippen molar-refractivity contribution in [2.24, 2.45) is 5.41 Å². The summed E-state index contributed by atoms with van der Waals surface area (Å²) >= 11 is 1.70. The Morgan fingerprint density at radius 3 is 2.35 bits per heavy atom. The van der Waals surface area contributed by atoms with Gasteiger partial charge in [0.25, 0.3) is 5.91 Å². The number of thioether (sulfide) groups is 1. The van der Waals surface area contributed by atoms with Gasteiger partial charge in [0.1, 0.15) is 12.2 Å². The van der Waals surface area contributed by atoms with Crippen molar-refractivity contribution in [2.75, 3.05) is 19.1 Å². The van der Waals surface area contributed by atoms with Gasteiger partial charge in [-0.3, -0.25) is 9.59 Å². The average Bonchev–Trinajstić information content (AvgIpc) is 2.77. The van der Waals surface area contributed by atoms with Crippen molar-refractivity contribution in [1.82, 2.24) is 9.80 Å². The second-order valence-corrected chi connectivity index (χ2v) is 8.05. The average molecular weight is 334 g/mol. The zero-order valence-corrected chi connectivity index (χ0v) is 15.4. The monoisotopic (exact) mass is 334 g/mol. The Labute approximate surface area is 143 Å². The van der Waals surface area contributed by atoms with Gasteiger partial charge in [-0.05, 0) is 30.6 Å². The molecule has 0 aromatic heterocycles. The Kier molecular flexibility index (Phi) is 5.40. The lowest BCUT2D eigenvalue weighted by molar-refractivity contribution is -0.129. The van der Waals surface area contributed by atoms with Gasteiger partial charge in [-0.2, -0.15) is 11.8 Å². The van der Waals surface area contributed by atoms with Gasteiger partial charge in [0.15, 0.2) is 0 Å². The van der Waals surface area contributed by atoms with E-state index in [0.29, 0.717) is 12.0 Å². The highest BCUT2D eigenvalue weighted by Crippen LogP contribution is 2.36. The summed E-state index contributed by atoms with van der Waals surface area (Å²) in [7, 11) is 1.81. The van der Waals surface area contributed by atoms with Crippen LogP contribution in [0.4, 0.5) is 0 Å². The maximum atomic E-state index is 13.1. The summed E-state index contributed by atoms with van der Waals surface area (Å²) in [6.07, 6.45) is 2.48. The quantitative estimate of drug-likeness (QED) is 0.849. The molecule has 126 valence electrons. The highest BCUT2D eigenvalue weighted by molar-refractivity contribution is 7.98. The molecular formula is C18H26N2O2S. The van der Waals surface area contributed by atoms with Crippen LogP contribution in [0.3, 0.4) is 0 Å². The zero-order valence-electron chi connectivity index (χ0n) is 14.6. The highest BCUT2D eigenvalue weighted by Gasteiger charge is 2.50. The van der Waals surface area contributed by atoms with Crippen LogP contribution in [-0.4, -0.2) is 52.9 Å². The van der Waals surface area contributed by atoms with E-state index in [2.05, 4.69) is 20.8 Å². The molecule has 2 rings (SSSR count). The lowest BCUT2D eigenvalue weighted by Crippen LogP contribution is -2.50. The molecule has 1 fully saturated rings. The van der Waals surface area contributed by atoms with Crippen LogP contribution in [0.1, 0.15) is 37.6 Å². The molecule has 0 bridgehead atoms. The van der Waals surface area contributed by atoms with E-state index in [1.807, 2.05) is 43.6 Å². The lowest BCUT2D eigenvalue weighted by Gasteiger charge is -2.39. The number of carbonyl (C=O) groups is 2. The number of likely N-dealkylation sites (N-methyl/N-ethyl adjacent to an activating group) is 1. The van der Waals surface area contributed by atoms with Crippen molar-refractivity contribution in [2.45, 2.75) is 39.4 Å². The van der Waals surface area contributed by atoms with Crippen LogP contribution in [0.2, 0.25) is 0 Å². The Balaban J connectivity index is 2.42. The number of hydrogen-bond acceptors (Lipinski definition) is 3. The van der Waals surface area contributed by atoms with Crippen molar-refractivity contribution in [3.05, 3.63) is 35.9 Å². The fraction of sp³-hybridized carbons (Fsp3) is 0.556. The number of rotatable bonds is 4. The molecule has 0 saturated carbocycles. The molecule has 0 unspecified atom stereocenters. The van der Waals surface area contributed by atoms with E-state index in [1.165, 1.54) is 0 Å². The fourth-order valence-electron chi connectivity index (χ4n) is 3.30. The molecule has 0 spiro atoms. The summed E-state index contributed by atoms with van der Waals surface area (Å²) in [4.78, 5) is 29.4. The number of benzene rings is 1. The van der Waals surface area contributed by atoms with E-state index < -0.39 is 0 Å². The minimum absolute atomic E-state index is 0.0447. The second-order valence-electron chi connectivity index (χ2n) is 7.06. The first kappa shape index (κ1) is 17.9. The first-order valence-electron chi connectivity index (χ1n) is 7.92. The number of nitrogens with zero attached hydrogens (tertiary/aromatic N) is 2. The molecule has 2 atom stereocenters. The summed E-state index contributed by atoms with van der Waals surface area (Å²) < 4.78 is 0. The summed E-state index contributed by atoms with van der Waals surface area (Å²) in [6, 6.07) is 8.87. The van der Waals surface area contributed by atoms with E-state index in [4.69, 9.17) is 0 Å². The molecule has 1 heterocycles. The SMILES string of the molecule is CSCC[C@@H]1C(=O)N(C)[C@@H](C(C)(C)C)N1C(=O)c1ccccc1. The molecule has 0 radical (unpaired) electrons. The van der Waals surface area contributed by atoms with Crippen LogP contribution in [0.25, 0.3) is 0 Å². The second kappa shape index (κ2) is 6.95. The van der Waals surface area contributed by atoms with Crippen LogP contribution < -0.4 is 0 Å². The Morgan fingerprint density at radius 1 is 1.22 bits per heavy atom. The highest BCUT2D eigenvalue weighted by atomic mass is 32.2. The van der Waals surface area contributed by atoms with Gasteiger partial charge < -0.3 is 9.80 Å². The molecule has 0 N–H and O–H groups in total. The van der Waals surface area contributed by atoms with Gasteiger partial charge in [0, 0.05) is 18.0 Å². The summed E-state index contributed by atoms with van der Waals surface area (Å²) in [6.45, 7) is 6.22. The topological polar surface area (TPSA) is 40.6 Å². The molecule has 1 aliphatic heterocycles. The van der Waals surface area contributed by atoms with Gasteiger partial charge in [0.2, 0.25) is 5.91 Å². The van der Waals surface area contributed by atoms with Crippen LogP contribution in [0, 0.1) is 5.41 Å². The minimum atomic E-state index is -0.371. The van der Waals surface area contributed by atoms with Crippen LogP contribution in [-0.2, 0) is 4.79 Å². The number of hydrogen-bond donors (Lipinski definition) is 0. The molecular weight excluding hydrogens is 308 g/mol. The van der Waals surface area contributed by atoms with Crippen molar-refractivity contribution >= 4 is 23.6 Å².